The number of nitrogens with zero attached hydrogens (tertiary/aromatic N) is 1. The molecule has 2 unspecified atom stereocenters. The Bertz CT molecular complexity index is 398. The Kier molecular flexibility index (Phi) is 6.97. The smallest absolute Gasteiger partial charge is 0.137 e. The van der Waals surface area contributed by atoms with Crippen molar-refractivity contribution in [3.8, 4) is 0 Å². The average Bonchev–Trinajstić information content (AvgIpc) is 2.40. The Hall–Kier alpha value is -0.450. The molecule has 1 rings (SSSR count). The van der Waals surface area contributed by atoms with Gasteiger partial charge in [0.05, 0.1) is 4.47 Å². The topological polar surface area (TPSA) is 15.3 Å². The molecule has 0 saturated carbocycles. The maximum absolute atomic E-state index is 13.2. The Morgan fingerprint density at radius 3 is 2.63 bits per heavy atom. The van der Waals surface area contributed by atoms with Crippen LogP contribution in [0.15, 0.2) is 22.7 Å². The number of likely N-dealkylation sites (N-methyl/N-ethyl adjacent to an activating group) is 1. The van der Waals surface area contributed by atoms with Crippen molar-refractivity contribution in [2.45, 2.75) is 39.3 Å². The van der Waals surface area contributed by atoms with Crippen molar-refractivity contribution in [1.29, 1.82) is 0 Å². The molecule has 0 spiro atoms. The molecule has 4 heteroatoms. The van der Waals surface area contributed by atoms with E-state index in [1.54, 1.807) is 0 Å². The average molecular weight is 331 g/mol. The molecule has 0 amide bonds. The fourth-order valence-corrected chi connectivity index (χ4v) is 2.29. The third kappa shape index (κ3) is 5.21. The minimum Gasteiger partial charge on any atom is -0.309 e. The van der Waals surface area contributed by atoms with Crippen molar-refractivity contribution in [2.75, 3.05) is 20.1 Å². The second kappa shape index (κ2) is 7.98. The second-order valence-electron chi connectivity index (χ2n) is 5.09. The van der Waals surface area contributed by atoms with Gasteiger partial charge in [-0.25, -0.2) is 4.39 Å². The molecule has 2 nitrogen and oxygen atoms in total. The summed E-state index contributed by atoms with van der Waals surface area (Å²) in [6, 6.07) is 6.00. The van der Waals surface area contributed by atoms with Crippen LogP contribution in [-0.4, -0.2) is 31.1 Å². The van der Waals surface area contributed by atoms with E-state index in [-0.39, 0.29) is 11.9 Å². The van der Waals surface area contributed by atoms with Crippen molar-refractivity contribution < 1.29 is 4.39 Å². The molecule has 0 heterocycles. The fourth-order valence-electron chi connectivity index (χ4n) is 1.89. The van der Waals surface area contributed by atoms with Gasteiger partial charge in [0.2, 0.25) is 0 Å². The summed E-state index contributed by atoms with van der Waals surface area (Å²) >= 11 is 3.22. The van der Waals surface area contributed by atoms with E-state index in [0.717, 1.165) is 25.1 Å². The Morgan fingerprint density at radius 2 is 2.05 bits per heavy atom. The van der Waals surface area contributed by atoms with Crippen LogP contribution >= 0.6 is 15.9 Å². The summed E-state index contributed by atoms with van der Waals surface area (Å²) in [5, 5.41) is 3.47. The van der Waals surface area contributed by atoms with Crippen LogP contribution in [0, 0.1) is 5.82 Å². The van der Waals surface area contributed by atoms with Crippen molar-refractivity contribution in [2.24, 2.45) is 0 Å². The standard InChI is InChI=1S/C15H24BrFN2/c1-5-11(2)19(4)9-8-18-12(3)13-6-7-15(17)14(16)10-13/h6-7,10-12,18H,5,8-9H2,1-4H3. The lowest BCUT2D eigenvalue weighted by molar-refractivity contribution is 0.249. The first-order chi connectivity index (χ1) is 8.95. The molecule has 108 valence electrons. The molecule has 0 aliphatic rings. The highest BCUT2D eigenvalue weighted by Crippen LogP contribution is 2.21. The van der Waals surface area contributed by atoms with Gasteiger partial charge in [-0.05, 0) is 60.9 Å². The molecule has 1 aromatic carbocycles. The maximum atomic E-state index is 13.2. The SMILES string of the molecule is CCC(C)N(C)CCNC(C)c1ccc(F)c(Br)c1. The van der Waals surface area contributed by atoms with Gasteiger partial charge in [-0.1, -0.05) is 13.0 Å². The number of halogens is 2. The Morgan fingerprint density at radius 1 is 1.37 bits per heavy atom. The van der Waals surface area contributed by atoms with E-state index in [2.05, 4.69) is 54.0 Å². The van der Waals surface area contributed by atoms with Gasteiger partial charge in [-0.15, -0.1) is 0 Å². The van der Waals surface area contributed by atoms with E-state index in [4.69, 9.17) is 0 Å². The number of hydrogen-bond acceptors (Lipinski definition) is 2. The first-order valence-electron chi connectivity index (χ1n) is 6.84. The van der Waals surface area contributed by atoms with Gasteiger partial charge < -0.3 is 10.2 Å². The largest absolute Gasteiger partial charge is 0.309 e. The summed E-state index contributed by atoms with van der Waals surface area (Å²) in [6.45, 7) is 8.48. The van der Waals surface area contributed by atoms with Crippen LogP contribution in [-0.2, 0) is 0 Å². The summed E-state index contributed by atoms with van der Waals surface area (Å²) in [5.41, 5.74) is 1.10. The first kappa shape index (κ1) is 16.6. The van der Waals surface area contributed by atoms with Gasteiger partial charge >= 0.3 is 0 Å². The zero-order valence-electron chi connectivity index (χ0n) is 12.2. The number of hydrogen-bond donors (Lipinski definition) is 1. The molecule has 0 aromatic heterocycles. The van der Waals surface area contributed by atoms with E-state index in [1.165, 1.54) is 6.07 Å². The van der Waals surface area contributed by atoms with Crippen LogP contribution in [0.5, 0.6) is 0 Å². The Labute approximate surface area is 124 Å². The summed E-state index contributed by atoms with van der Waals surface area (Å²) in [5.74, 6) is -0.215. The normalized spacial score (nSPS) is 14.7. The minimum atomic E-state index is -0.215. The lowest BCUT2D eigenvalue weighted by Crippen LogP contribution is -2.35. The number of rotatable bonds is 7. The molecular weight excluding hydrogens is 307 g/mol. The highest BCUT2D eigenvalue weighted by atomic mass is 79.9. The highest BCUT2D eigenvalue weighted by Gasteiger charge is 2.09. The number of benzene rings is 1. The molecule has 0 saturated heterocycles. The minimum absolute atomic E-state index is 0.215. The van der Waals surface area contributed by atoms with E-state index in [9.17, 15) is 4.39 Å². The van der Waals surface area contributed by atoms with Gasteiger partial charge in [0.1, 0.15) is 5.82 Å². The molecule has 0 aliphatic carbocycles. The van der Waals surface area contributed by atoms with Crippen LogP contribution in [0.2, 0.25) is 0 Å². The second-order valence-corrected chi connectivity index (χ2v) is 5.94. The Balaban J connectivity index is 2.43. The third-order valence-electron chi connectivity index (χ3n) is 3.70. The predicted octanol–water partition coefficient (Wildman–Crippen LogP) is 3.97. The van der Waals surface area contributed by atoms with Gasteiger partial charge in [-0.3, -0.25) is 0 Å². The molecule has 0 aliphatic heterocycles. The van der Waals surface area contributed by atoms with Crippen molar-refractivity contribution in [1.82, 2.24) is 10.2 Å². The zero-order chi connectivity index (χ0) is 14.4. The number of nitrogens with one attached hydrogen (secondary N) is 1. The summed E-state index contributed by atoms with van der Waals surface area (Å²) < 4.78 is 13.7. The van der Waals surface area contributed by atoms with Crippen molar-refractivity contribution in [3.05, 3.63) is 34.1 Å². The summed E-state index contributed by atoms with van der Waals surface area (Å²) in [7, 11) is 2.15. The van der Waals surface area contributed by atoms with Crippen LogP contribution in [0.3, 0.4) is 0 Å². The third-order valence-corrected chi connectivity index (χ3v) is 4.31. The quantitative estimate of drug-likeness (QED) is 0.813. The van der Waals surface area contributed by atoms with E-state index in [0.29, 0.717) is 10.5 Å². The van der Waals surface area contributed by atoms with Gasteiger partial charge in [0.25, 0.3) is 0 Å². The first-order valence-corrected chi connectivity index (χ1v) is 7.63. The van der Waals surface area contributed by atoms with E-state index >= 15 is 0 Å². The monoisotopic (exact) mass is 330 g/mol. The van der Waals surface area contributed by atoms with Crippen molar-refractivity contribution in [3.63, 3.8) is 0 Å². The van der Waals surface area contributed by atoms with Crippen molar-refractivity contribution >= 4 is 15.9 Å². The van der Waals surface area contributed by atoms with Crippen LogP contribution < -0.4 is 5.32 Å². The van der Waals surface area contributed by atoms with E-state index in [1.807, 2.05) is 12.1 Å². The summed E-state index contributed by atoms with van der Waals surface area (Å²) in [6.07, 6.45) is 1.16. The maximum Gasteiger partial charge on any atom is 0.137 e. The van der Waals surface area contributed by atoms with Crippen LogP contribution in [0.4, 0.5) is 4.39 Å². The molecule has 1 N–H and O–H groups in total. The van der Waals surface area contributed by atoms with Gasteiger partial charge in [-0.2, -0.15) is 0 Å². The van der Waals surface area contributed by atoms with Gasteiger partial charge in [0, 0.05) is 25.2 Å². The molecule has 0 fully saturated rings. The predicted molar refractivity (Wildman–Crippen MR) is 82.9 cm³/mol. The lowest BCUT2D eigenvalue weighted by atomic mass is 10.1. The molecule has 19 heavy (non-hydrogen) atoms. The summed E-state index contributed by atoms with van der Waals surface area (Å²) in [4.78, 5) is 2.35. The lowest BCUT2D eigenvalue weighted by Gasteiger charge is -2.24. The molecular formula is C15H24BrFN2. The molecule has 2 atom stereocenters. The fraction of sp³-hybridized carbons (Fsp3) is 0.600. The molecule has 0 radical (unpaired) electrons. The zero-order valence-corrected chi connectivity index (χ0v) is 13.8. The van der Waals surface area contributed by atoms with Gasteiger partial charge in [0.15, 0.2) is 0 Å². The molecule has 0 bridgehead atoms. The van der Waals surface area contributed by atoms with Crippen LogP contribution in [0.25, 0.3) is 0 Å². The molecule has 1 aromatic rings. The van der Waals surface area contributed by atoms with E-state index < -0.39 is 0 Å². The highest BCUT2D eigenvalue weighted by molar-refractivity contribution is 9.10. The van der Waals surface area contributed by atoms with Crippen LogP contribution in [0.1, 0.15) is 38.8 Å².